The van der Waals surface area contributed by atoms with Gasteiger partial charge in [-0.3, -0.25) is 4.98 Å². The Labute approximate surface area is 105 Å². The molecule has 1 aromatic heterocycles. The summed E-state index contributed by atoms with van der Waals surface area (Å²) in [6.07, 6.45) is 8.98. The Morgan fingerprint density at radius 3 is 2.65 bits per heavy atom. The van der Waals surface area contributed by atoms with Crippen LogP contribution in [-0.2, 0) is 6.54 Å². The van der Waals surface area contributed by atoms with E-state index in [-0.39, 0.29) is 0 Å². The first-order valence-electron chi connectivity index (χ1n) is 6.80. The van der Waals surface area contributed by atoms with Crippen LogP contribution in [0.2, 0.25) is 0 Å². The standard InChI is InChI=1S/C15H24N2/c1-13-6-7-14(11-17-13)10-16-12-15(2)8-4-3-5-9-15/h6-7,11,16H,3-5,8-10,12H2,1-2H3. The van der Waals surface area contributed by atoms with E-state index in [1.54, 1.807) is 0 Å². The zero-order valence-electron chi connectivity index (χ0n) is 11.1. The summed E-state index contributed by atoms with van der Waals surface area (Å²) in [6, 6.07) is 4.25. The molecule has 1 heterocycles. The van der Waals surface area contributed by atoms with E-state index in [2.05, 4.69) is 29.4 Å². The van der Waals surface area contributed by atoms with E-state index >= 15 is 0 Å². The minimum Gasteiger partial charge on any atom is -0.312 e. The molecule has 1 aromatic rings. The predicted molar refractivity (Wildman–Crippen MR) is 71.9 cm³/mol. The second kappa shape index (κ2) is 5.63. The molecule has 1 N–H and O–H groups in total. The number of nitrogens with one attached hydrogen (secondary N) is 1. The molecular weight excluding hydrogens is 208 g/mol. The fourth-order valence-electron chi connectivity index (χ4n) is 2.69. The SMILES string of the molecule is Cc1ccc(CNCC2(C)CCCCC2)cn1. The quantitative estimate of drug-likeness (QED) is 0.860. The molecule has 0 saturated heterocycles. The van der Waals surface area contributed by atoms with E-state index in [0.717, 1.165) is 18.8 Å². The highest BCUT2D eigenvalue weighted by atomic mass is 14.9. The topological polar surface area (TPSA) is 24.9 Å². The molecule has 2 nitrogen and oxygen atoms in total. The summed E-state index contributed by atoms with van der Waals surface area (Å²) < 4.78 is 0. The van der Waals surface area contributed by atoms with Crippen molar-refractivity contribution in [3.05, 3.63) is 29.6 Å². The zero-order valence-corrected chi connectivity index (χ0v) is 11.1. The molecule has 1 fully saturated rings. The first-order chi connectivity index (χ1) is 8.18. The largest absolute Gasteiger partial charge is 0.312 e. The van der Waals surface area contributed by atoms with Gasteiger partial charge in [0, 0.05) is 25.0 Å². The molecule has 0 radical (unpaired) electrons. The summed E-state index contributed by atoms with van der Waals surface area (Å²) in [5.41, 5.74) is 2.90. The lowest BCUT2D eigenvalue weighted by Crippen LogP contribution is -2.33. The van der Waals surface area contributed by atoms with Gasteiger partial charge < -0.3 is 5.32 Å². The van der Waals surface area contributed by atoms with E-state index in [1.165, 1.54) is 37.7 Å². The van der Waals surface area contributed by atoms with E-state index in [9.17, 15) is 0 Å². The van der Waals surface area contributed by atoms with Gasteiger partial charge in [-0.2, -0.15) is 0 Å². The molecule has 0 aliphatic heterocycles. The summed E-state index contributed by atoms with van der Waals surface area (Å²) in [7, 11) is 0. The Hall–Kier alpha value is -0.890. The fraction of sp³-hybridized carbons (Fsp3) is 0.667. The van der Waals surface area contributed by atoms with Crippen molar-refractivity contribution in [2.75, 3.05) is 6.54 Å². The van der Waals surface area contributed by atoms with E-state index in [1.807, 2.05) is 13.1 Å². The van der Waals surface area contributed by atoms with Crippen molar-refractivity contribution in [1.82, 2.24) is 10.3 Å². The Balaban J connectivity index is 1.77. The molecule has 0 spiro atoms. The van der Waals surface area contributed by atoms with Gasteiger partial charge in [0.05, 0.1) is 0 Å². The van der Waals surface area contributed by atoms with Crippen LogP contribution in [0.1, 0.15) is 50.3 Å². The average Bonchev–Trinajstić information content (AvgIpc) is 2.32. The molecule has 0 amide bonds. The highest BCUT2D eigenvalue weighted by molar-refractivity contribution is 5.12. The average molecular weight is 232 g/mol. The number of hydrogen-bond donors (Lipinski definition) is 1. The maximum Gasteiger partial charge on any atom is 0.0372 e. The van der Waals surface area contributed by atoms with Crippen LogP contribution in [0, 0.1) is 12.3 Å². The van der Waals surface area contributed by atoms with Crippen LogP contribution in [0.4, 0.5) is 0 Å². The lowest BCUT2D eigenvalue weighted by Gasteiger charge is -2.33. The summed E-state index contributed by atoms with van der Waals surface area (Å²) in [5.74, 6) is 0. The zero-order chi connectivity index (χ0) is 12.1. The Kier molecular flexibility index (Phi) is 4.16. The minimum absolute atomic E-state index is 0.524. The molecule has 2 heteroatoms. The molecule has 1 aliphatic rings. The van der Waals surface area contributed by atoms with Gasteiger partial charge in [-0.1, -0.05) is 32.3 Å². The molecule has 1 saturated carbocycles. The van der Waals surface area contributed by atoms with Gasteiger partial charge in [0.2, 0.25) is 0 Å². The minimum atomic E-state index is 0.524. The molecule has 0 unspecified atom stereocenters. The maximum atomic E-state index is 4.32. The van der Waals surface area contributed by atoms with Crippen molar-refractivity contribution in [2.45, 2.75) is 52.5 Å². The van der Waals surface area contributed by atoms with Crippen molar-refractivity contribution in [2.24, 2.45) is 5.41 Å². The summed E-state index contributed by atoms with van der Waals surface area (Å²) in [4.78, 5) is 4.32. The highest BCUT2D eigenvalue weighted by Gasteiger charge is 2.25. The van der Waals surface area contributed by atoms with Crippen molar-refractivity contribution in [3.63, 3.8) is 0 Å². The van der Waals surface area contributed by atoms with Gasteiger partial charge in [0.15, 0.2) is 0 Å². The van der Waals surface area contributed by atoms with Gasteiger partial charge in [-0.25, -0.2) is 0 Å². The Bertz CT molecular complexity index is 336. The van der Waals surface area contributed by atoms with Gasteiger partial charge in [0.1, 0.15) is 0 Å². The van der Waals surface area contributed by atoms with Crippen LogP contribution in [0.15, 0.2) is 18.3 Å². The molecule has 17 heavy (non-hydrogen) atoms. The molecule has 94 valence electrons. The molecule has 0 bridgehead atoms. The van der Waals surface area contributed by atoms with Crippen molar-refractivity contribution in [3.8, 4) is 0 Å². The van der Waals surface area contributed by atoms with Crippen molar-refractivity contribution < 1.29 is 0 Å². The number of hydrogen-bond acceptors (Lipinski definition) is 2. The molecular formula is C15H24N2. The van der Waals surface area contributed by atoms with Crippen molar-refractivity contribution in [1.29, 1.82) is 0 Å². The third-order valence-corrected chi connectivity index (χ3v) is 3.91. The van der Waals surface area contributed by atoms with Gasteiger partial charge >= 0.3 is 0 Å². The third-order valence-electron chi connectivity index (χ3n) is 3.91. The third kappa shape index (κ3) is 3.81. The summed E-state index contributed by atoms with van der Waals surface area (Å²) >= 11 is 0. The second-order valence-electron chi connectivity index (χ2n) is 5.78. The lowest BCUT2D eigenvalue weighted by atomic mass is 9.76. The van der Waals surface area contributed by atoms with Crippen LogP contribution in [0.5, 0.6) is 0 Å². The first-order valence-corrected chi connectivity index (χ1v) is 6.80. The monoisotopic (exact) mass is 232 g/mol. The van der Waals surface area contributed by atoms with Crippen LogP contribution < -0.4 is 5.32 Å². The summed E-state index contributed by atoms with van der Waals surface area (Å²) in [5, 5.41) is 3.59. The van der Waals surface area contributed by atoms with Crippen LogP contribution in [0.3, 0.4) is 0 Å². The summed E-state index contributed by atoms with van der Waals surface area (Å²) in [6.45, 7) is 6.54. The molecule has 1 aliphatic carbocycles. The Morgan fingerprint density at radius 2 is 2.00 bits per heavy atom. The van der Waals surface area contributed by atoms with Gasteiger partial charge in [-0.15, -0.1) is 0 Å². The van der Waals surface area contributed by atoms with E-state index < -0.39 is 0 Å². The number of pyridine rings is 1. The molecule has 0 atom stereocenters. The fourth-order valence-corrected chi connectivity index (χ4v) is 2.69. The Morgan fingerprint density at radius 1 is 1.24 bits per heavy atom. The first kappa shape index (κ1) is 12.6. The molecule has 2 rings (SSSR count). The normalized spacial score (nSPS) is 19.2. The smallest absolute Gasteiger partial charge is 0.0372 e. The van der Waals surface area contributed by atoms with E-state index in [4.69, 9.17) is 0 Å². The van der Waals surface area contributed by atoms with E-state index in [0.29, 0.717) is 5.41 Å². The number of rotatable bonds is 4. The van der Waals surface area contributed by atoms with Crippen molar-refractivity contribution >= 4 is 0 Å². The highest BCUT2D eigenvalue weighted by Crippen LogP contribution is 2.34. The van der Waals surface area contributed by atoms with Crippen LogP contribution in [0.25, 0.3) is 0 Å². The van der Waals surface area contributed by atoms with Gasteiger partial charge in [0.25, 0.3) is 0 Å². The van der Waals surface area contributed by atoms with Crippen LogP contribution >= 0.6 is 0 Å². The predicted octanol–water partition coefficient (Wildman–Crippen LogP) is 3.45. The number of aromatic nitrogens is 1. The number of aryl methyl sites for hydroxylation is 1. The molecule has 0 aromatic carbocycles. The van der Waals surface area contributed by atoms with Crippen LogP contribution in [-0.4, -0.2) is 11.5 Å². The van der Waals surface area contributed by atoms with Gasteiger partial charge in [-0.05, 0) is 36.8 Å². The second-order valence-corrected chi connectivity index (χ2v) is 5.78. The maximum absolute atomic E-state index is 4.32. The number of nitrogens with zero attached hydrogens (tertiary/aromatic N) is 1. The lowest BCUT2D eigenvalue weighted by molar-refractivity contribution is 0.207.